The quantitative estimate of drug-likeness (QED) is 0.177. The average molecular weight is 532 g/mol. The summed E-state index contributed by atoms with van der Waals surface area (Å²) in [6, 6.07) is 20.2. The number of thiocarbonyl (C=S) groups is 1. The fraction of sp³-hybridized carbons (Fsp3) is 0.148. The molecule has 1 fully saturated rings. The van der Waals surface area contributed by atoms with Gasteiger partial charge in [-0.15, -0.1) is 0 Å². The Labute approximate surface area is 222 Å². The molecular weight excluding hydrogens is 509 g/mol. The molecule has 2 aromatic heterocycles. The van der Waals surface area contributed by atoms with Gasteiger partial charge in [0.15, 0.2) is 5.11 Å². The molecule has 2 N–H and O–H groups in total. The van der Waals surface area contributed by atoms with E-state index >= 15 is 0 Å². The van der Waals surface area contributed by atoms with Crippen LogP contribution in [0.25, 0.3) is 11.3 Å². The van der Waals surface area contributed by atoms with Crippen molar-refractivity contribution >= 4 is 34.6 Å². The van der Waals surface area contributed by atoms with Gasteiger partial charge >= 0.3 is 0 Å². The van der Waals surface area contributed by atoms with E-state index in [2.05, 4.69) is 15.6 Å². The lowest BCUT2D eigenvalue weighted by Gasteiger charge is -2.25. The number of halogens is 1. The van der Waals surface area contributed by atoms with Gasteiger partial charge in [-0.25, -0.2) is 4.39 Å². The summed E-state index contributed by atoms with van der Waals surface area (Å²) in [4.78, 5) is 29.6. The number of furan rings is 1. The van der Waals surface area contributed by atoms with E-state index in [1.54, 1.807) is 24.4 Å². The molecule has 2 unspecified atom stereocenters. The monoisotopic (exact) mass is 531 g/mol. The number of amides is 1. The topological polar surface area (TPSA) is 114 Å². The molecule has 1 aliphatic rings. The number of nitro groups is 1. The highest BCUT2D eigenvalue weighted by Crippen LogP contribution is 2.40. The summed E-state index contributed by atoms with van der Waals surface area (Å²) in [6.07, 6.45) is 1.82. The van der Waals surface area contributed by atoms with Gasteiger partial charge in [0.05, 0.1) is 16.7 Å². The number of hydrogen-bond donors (Lipinski definition) is 2. The maximum absolute atomic E-state index is 13.2. The highest BCUT2D eigenvalue weighted by atomic mass is 32.1. The van der Waals surface area contributed by atoms with Gasteiger partial charge in [0.25, 0.3) is 5.69 Å². The lowest BCUT2D eigenvalue weighted by atomic mass is 10.0. The molecule has 0 bridgehead atoms. The number of hydrogen-bond acceptors (Lipinski definition) is 6. The van der Waals surface area contributed by atoms with Gasteiger partial charge in [0, 0.05) is 42.5 Å². The maximum Gasteiger partial charge on any atom is 0.269 e. The number of nitrogens with one attached hydrogen (secondary N) is 2. The largest absolute Gasteiger partial charge is 0.459 e. The number of rotatable bonds is 8. The molecule has 9 nitrogen and oxygen atoms in total. The van der Waals surface area contributed by atoms with E-state index in [4.69, 9.17) is 16.6 Å². The Bertz CT molecular complexity index is 1460. The summed E-state index contributed by atoms with van der Waals surface area (Å²) in [5.74, 6) is 0.513. The first-order chi connectivity index (χ1) is 18.4. The Balaban J connectivity index is 1.38. The summed E-state index contributed by atoms with van der Waals surface area (Å²) < 4.78 is 19.4. The summed E-state index contributed by atoms with van der Waals surface area (Å²) in [6.45, 7) is 0.292. The number of pyridine rings is 1. The van der Waals surface area contributed by atoms with Gasteiger partial charge in [-0.1, -0.05) is 6.07 Å². The number of aromatic nitrogens is 1. The molecule has 0 aliphatic carbocycles. The van der Waals surface area contributed by atoms with Crippen molar-refractivity contribution in [2.45, 2.75) is 18.5 Å². The van der Waals surface area contributed by atoms with E-state index in [9.17, 15) is 19.3 Å². The zero-order valence-electron chi connectivity index (χ0n) is 19.9. The predicted molar refractivity (Wildman–Crippen MR) is 143 cm³/mol. The Hall–Kier alpha value is -4.64. The molecule has 1 saturated heterocycles. The number of non-ortho nitro benzene ring substituents is 1. The van der Waals surface area contributed by atoms with Crippen molar-refractivity contribution in [3.63, 3.8) is 0 Å². The van der Waals surface area contributed by atoms with Crippen LogP contribution in [-0.2, 0) is 4.79 Å². The molecule has 0 radical (unpaired) electrons. The van der Waals surface area contributed by atoms with Crippen molar-refractivity contribution in [3.8, 4) is 11.3 Å². The van der Waals surface area contributed by atoms with Crippen LogP contribution in [0, 0.1) is 15.9 Å². The third-order valence-electron chi connectivity index (χ3n) is 6.19. The third-order valence-corrected chi connectivity index (χ3v) is 6.54. The minimum atomic E-state index is -0.454. The van der Waals surface area contributed by atoms with E-state index in [0.29, 0.717) is 34.4 Å². The minimum Gasteiger partial charge on any atom is -0.459 e. The molecule has 0 saturated carbocycles. The summed E-state index contributed by atoms with van der Waals surface area (Å²) in [5.41, 5.74) is 1.94. The SMILES string of the molecule is O=C(CCN1C(=S)NC(c2ccccn2)C1c1ccc(-c2ccc([N+](=O)[O-])cc2)o1)Nc1ccc(F)cc1. The van der Waals surface area contributed by atoms with Crippen molar-refractivity contribution in [1.82, 2.24) is 15.2 Å². The van der Waals surface area contributed by atoms with Crippen LogP contribution in [0.15, 0.2) is 89.5 Å². The van der Waals surface area contributed by atoms with Crippen LogP contribution in [0.1, 0.15) is 30.0 Å². The number of carbonyl (C=O) groups is 1. The molecule has 1 aliphatic heterocycles. The van der Waals surface area contributed by atoms with Crippen molar-refractivity contribution in [2.24, 2.45) is 0 Å². The normalized spacial score (nSPS) is 16.8. The standard InChI is InChI=1S/C27H22FN5O4S/c28-18-6-8-19(9-7-18)30-24(34)14-16-32-26(25(31-27(32)38)21-3-1-2-15-29-21)23-13-12-22(37-23)17-4-10-20(11-5-17)33(35)36/h1-13,15,25-26H,14,16H2,(H,30,34)(H,31,38). The molecule has 3 heterocycles. The van der Waals surface area contributed by atoms with Crippen LogP contribution in [-0.4, -0.2) is 32.4 Å². The maximum atomic E-state index is 13.2. The van der Waals surface area contributed by atoms with Crippen molar-refractivity contribution in [1.29, 1.82) is 0 Å². The zero-order chi connectivity index (χ0) is 26.6. The van der Waals surface area contributed by atoms with Crippen LogP contribution in [0.5, 0.6) is 0 Å². The van der Waals surface area contributed by atoms with Crippen LogP contribution in [0.4, 0.5) is 15.8 Å². The van der Waals surface area contributed by atoms with Gasteiger partial charge in [-0.2, -0.15) is 0 Å². The van der Waals surface area contributed by atoms with Crippen LogP contribution >= 0.6 is 12.2 Å². The number of nitro benzene ring substituents is 1. The molecule has 11 heteroatoms. The first kappa shape index (κ1) is 25.0. The second-order valence-corrected chi connectivity index (χ2v) is 9.02. The lowest BCUT2D eigenvalue weighted by Crippen LogP contribution is -2.32. The molecule has 5 rings (SSSR count). The first-order valence-corrected chi connectivity index (χ1v) is 12.2. The van der Waals surface area contributed by atoms with Crippen molar-refractivity contribution < 1.29 is 18.5 Å². The molecule has 2 atom stereocenters. The average Bonchev–Trinajstić information content (AvgIpc) is 3.54. The van der Waals surface area contributed by atoms with E-state index < -0.39 is 11.0 Å². The summed E-state index contributed by atoms with van der Waals surface area (Å²) in [5, 5.41) is 17.5. The number of nitrogens with zero attached hydrogens (tertiary/aromatic N) is 3. The molecule has 0 spiro atoms. The minimum absolute atomic E-state index is 0.00817. The third kappa shape index (κ3) is 5.37. The van der Waals surface area contributed by atoms with Crippen LogP contribution in [0.3, 0.4) is 0 Å². The van der Waals surface area contributed by atoms with E-state index in [-0.39, 0.29) is 29.9 Å². The van der Waals surface area contributed by atoms with Gasteiger partial charge in [-0.3, -0.25) is 19.9 Å². The Morgan fingerprint density at radius 2 is 1.87 bits per heavy atom. The molecule has 192 valence electrons. The Morgan fingerprint density at radius 3 is 2.55 bits per heavy atom. The second kappa shape index (κ2) is 10.8. The van der Waals surface area contributed by atoms with Crippen LogP contribution < -0.4 is 10.6 Å². The second-order valence-electron chi connectivity index (χ2n) is 8.63. The Kier molecular flexibility index (Phi) is 7.09. The molecule has 1 amide bonds. The highest BCUT2D eigenvalue weighted by Gasteiger charge is 2.41. The Morgan fingerprint density at radius 1 is 1.11 bits per heavy atom. The fourth-order valence-corrected chi connectivity index (χ4v) is 4.68. The van der Waals surface area contributed by atoms with Crippen molar-refractivity contribution in [2.75, 3.05) is 11.9 Å². The molecule has 2 aromatic carbocycles. The lowest BCUT2D eigenvalue weighted by molar-refractivity contribution is -0.384. The van der Waals surface area contributed by atoms with E-state index in [1.807, 2.05) is 29.2 Å². The van der Waals surface area contributed by atoms with Crippen LogP contribution in [0.2, 0.25) is 0 Å². The van der Waals surface area contributed by atoms with E-state index in [1.165, 1.54) is 36.4 Å². The smallest absolute Gasteiger partial charge is 0.269 e. The summed E-state index contributed by atoms with van der Waals surface area (Å²) >= 11 is 5.64. The predicted octanol–water partition coefficient (Wildman–Crippen LogP) is 5.39. The molecule has 38 heavy (non-hydrogen) atoms. The fourth-order valence-electron chi connectivity index (χ4n) is 4.35. The van der Waals surface area contributed by atoms with Gasteiger partial charge < -0.3 is 20.0 Å². The number of anilines is 1. The molecular formula is C27H22FN5O4S. The van der Waals surface area contributed by atoms with Gasteiger partial charge in [0.1, 0.15) is 23.4 Å². The number of benzene rings is 2. The zero-order valence-corrected chi connectivity index (χ0v) is 20.7. The number of carbonyl (C=O) groups excluding carboxylic acids is 1. The first-order valence-electron chi connectivity index (χ1n) is 11.8. The molecule has 4 aromatic rings. The van der Waals surface area contributed by atoms with E-state index in [0.717, 1.165) is 5.69 Å². The summed E-state index contributed by atoms with van der Waals surface area (Å²) in [7, 11) is 0. The van der Waals surface area contributed by atoms with Crippen molar-refractivity contribution in [3.05, 3.63) is 112 Å². The van der Waals surface area contributed by atoms with Gasteiger partial charge in [0.2, 0.25) is 5.91 Å². The highest BCUT2D eigenvalue weighted by molar-refractivity contribution is 7.80. The van der Waals surface area contributed by atoms with Gasteiger partial charge in [-0.05, 0) is 72.9 Å².